The summed E-state index contributed by atoms with van der Waals surface area (Å²) in [6.45, 7) is 0.424. The number of likely N-dealkylation sites (N-methyl/N-ethyl adjacent to an activating group) is 1. The molecule has 1 rings (SSSR count). The third-order valence-corrected chi connectivity index (χ3v) is 2.39. The average Bonchev–Trinajstić information content (AvgIpc) is 2.19. The van der Waals surface area contributed by atoms with Crippen LogP contribution in [0.3, 0.4) is 0 Å². The predicted molar refractivity (Wildman–Crippen MR) is 57.1 cm³/mol. The van der Waals surface area contributed by atoms with Crippen LogP contribution in [-0.4, -0.2) is 23.7 Å². The summed E-state index contributed by atoms with van der Waals surface area (Å²) in [5.74, 6) is -1.73. The van der Waals surface area contributed by atoms with Gasteiger partial charge in [-0.3, -0.25) is 4.79 Å². The van der Waals surface area contributed by atoms with E-state index in [0.29, 0.717) is 18.5 Å². The number of nitrogens with zero attached hydrogens (tertiary/aromatic N) is 1. The molecule has 0 heterocycles. The van der Waals surface area contributed by atoms with Gasteiger partial charge in [0.25, 0.3) is 5.24 Å². The van der Waals surface area contributed by atoms with E-state index in [1.54, 1.807) is 7.05 Å². The van der Waals surface area contributed by atoms with Crippen LogP contribution in [0.25, 0.3) is 0 Å². The zero-order chi connectivity index (χ0) is 11.4. The molecule has 5 heteroatoms. The normalized spacial score (nSPS) is 10.1. The van der Waals surface area contributed by atoms with Gasteiger partial charge in [0, 0.05) is 13.6 Å². The minimum absolute atomic E-state index is 0.349. The molecule has 0 aliphatic rings. The largest absolute Gasteiger partial charge is 0.337 e. The first-order valence-electron chi connectivity index (χ1n) is 4.38. The Bertz CT molecular complexity index is 370. The van der Waals surface area contributed by atoms with E-state index in [1.807, 2.05) is 0 Å². The highest BCUT2D eigenvalue weighted by Crippen LogP contribution is 2.09. The van der Waals surface area contributed by atoms with Crippen molar-refractivity contribution in [2.45, 2.75) is 6.42 Å². The highest BCUT2D eigenvalue weighted by Gasteiger charge is 2.05. The Balaban J connectivity index is 2.58. The second kappa shape index (κ2) is 5.11. The van der Waals surface area contributed by atoms with Gasteiger partial charge in [-0.25, -0.2) is 8.78 Å². The van der Waals surface area contributed by atoms with Crippen LogP contribution in [0.2, 0.25) is 0 Å². The lowest BCUT2D eigenvalue weighted by Gasteiger charge is -2.13. The highest BCUT2D eigenvalue weighted by molar-refractivity contribution is 7.96. The summed E-state index contributed by atoms with van der Waals surface area (Å²) in [5.41, 5.74) is 0.648. The maximum atomic E-state index is 12.8. The Morgan fingerprint density at radius 1 is 1.40 bits per heavy atom. The van der Waals surface area contributed by atoms with E-state index in [4.69, 9.17) is 0 Å². The van der Waals surface area contributed by atoms with Crippen molar-refractivity contribution in [3.63, 3.8) is 0 Å². The number of halogens is 2. The first-order valence-corrected chi connectivity index (χ1v) is 4.83. The molecule has 1 aromatic rings. The molecule has 0 fully saturated rings. The van der Waals surface area contributed by atoms with Crippen molar-refractivity contribution in [3.05, 3.63) is 35.4 Å². The van der Waals surface area contributed by atoms with E-state index in [9.17, 15) is 13.6 Å². The number of rotatable bonds is 3. The SMILES string of the molecule is CN(CCc1ccc(F)c(F)c1)C(=O)S. The van der Waals surface area contributed by atoms with E-state index in [2.05, 4.69) is 12.6 Å². The minimum atomic E-state index is -0.868. The quantitative estimate of drug-likeness (QED) is 0.792. The zero-order valence-corrected chi connectivity index (χ0v) is 9.10. The van der Waals surface area contributed by atoms with E-state index in [0.717, 1.165) is 12.1 Å². The maximum Gasteiger partial charge on any atom is 0.278 e. The fourth-order valence-corrected chi connectivity index (χ4v) is 1.19. The fourth-order valence-electron chi connectivity index (χ4n) is 1.09. The van der Waals surface area contributed by atoms with Crippen LogP contribution in [0.15, 0.2) is 18.2 Å². The fraction of sp³-hybridized carbons (Fsp3) is 0.300. The first kappa shape index (κ1) is 12.0. The number of thiol groups is 1. The molecule has 0 radical (unpaired) electrons. The zero-order valence-electron chi connectivity index (χ0n) is 8.20. The van der Waals surface area contributed by atoms with Crippen LogP contribution < -0.4 is 0 Å². The molecular weight excluding hydrogens is 220 g/mol. The molecule has 0 aliphatic heterocycles. The standard InChI is InChI=1S/C10H11F2NOS/c1-13(10(14)15)5-4-7-2-3-8(11)9(12)6-7/h2-3,6H,4-5H2,1H3,(H,14,15). The molecule has 1 aromatic carbocycles. The van der Waals surface area contributed by atoms with Crippen LogP contribution in [-0.2, 0) is 6.42 Å². The lowest BCUT2D eigenvalue weighted by molar-refractivity contribution is 0.234. The van der Waals surface area contributed by atoms with Crippen LogP contribution in [0.4, 0.5) is 13.6 Å². The summed E-state index contributed by atoms with van der Waals surface area (Å²) < 4.78 is 25.4. The molecule has 0 saturated heterocycles. The van der Waals surface area contributed by atoms with Gasteiger partial charge in [0.2, 0.25) is 0 Å². The number of carbonyl (C=O) groups excluding carboxylic acids is 1. The molecule has 0 aliphatic carbocycles. The highest BCUT2D eigenvalue weighted by atomic mass is 32.1. The average molecular weight is 231 g/mol. The molecule has 82 valence electrons. The van der Waals surface area contributed by atoms with Gasteiger partial charge in [-0.1, -0.05) is 18.7 Å². The second-order valence-corrected chi connectivity index (χ2v) is 3.59. The Labute approximate surface area is 92.3 Å². The van der Waals surface area contributed by atoms with Crippen molar-refractivity contribution >= 4 is 17.9 Å². The number of amides is 1. The monoisotopic (exact) mass is 231 g/mol. The van der Waals surface area contributed by atoms with Crippen molar-refractivity contribution in [2.24, 2.45) is 0 Å². The van der Waals surface area contributed by atoms with E-state index in [-0.39, 0.29) is 5.24 Å². The van der Waals surface area contributed by atoms with Crippen molar-refractivity contribution in [2.75, 3.05) is 13.6 Å². The van der Waals surface area contributed by atoms with Gasteiger partial charge in [0.1, 0.15) is 0 Å². The first-order chi connectivity index (χ1) is 7.00. The molecular formula is C10H11F2NOS. The molecule has 0 N–H and O–H groups in total. The number of benzene rings is 1. The topological polar surface area (TPSA) is 20.3 Å². The van der Waals surface area contributed by atoms with Crippen molar-refractivity contribution < 1.29 is 13.6 Å². The van der Waals surface area contributed by atoms with Gasteiger partial charge >= 0.3 is 0 Å². The van der Waals surface area contributed by atoms with Crippen molar-refractivity contribution in [3.8, 4) is 0 Å². The number of carbonyl (C=O) groups is 1. The van der Waals surface area contributed by atoms with E-state index < -0.39 is 11.6 Å². The second-order valence-electron chi connectivity index (χ2n) is 3.20. The van der Waals surface area contributed by atoms with Gasteiger partial charge < -0.3 is 4.90 Å². The van der Waals surface area contributed by atoms with Gasteiger partial charge in [-0.05, 0) is 24.1 Å². The number of hydrogen-bond acceptors (Lipinski definition) is 1. The van der Waals surface area contributed by atoms with Gasteiger partial charge in [-0.2, -0.15) is 0 Å². The lowest BCUT2D eigenvalue weighted by Crippen LogP contribution is -2.23. The Morgan fingerprint density at radius 3 is 2.60 bits per heavy atom. The number of hydrogen-bond donors (Lipinski definition) is 1. The minimum Gasteiger partial charge on any atom is -0.337 e. The Morgan fingerprint density at radius 2 is 2.07 bits per heavy atom. The Hall–Kier alpha value is -1.10. The summed E-state index contributed by atoms with van der Waals surface area (Å²) in [6.07, 6.45) is 0.472. The van der Waals surface area contributed by atoms with Gasteiger partial charge in [0.15, 0.2) is 11.6 Å². The third kappa shape index (κ3) is 3.51. The molecule has 2 nitrogen and oxygen atoms in total. The molecule has 0 bridgehead atoms. The van der Waals surface area contributed by atoms with Crippen LogP contribution in [0.1, 0.15) is 5.56 Å². The lowest BCUT2D eigenvalue weighted by atomic mass is 10.1. The smallest absolute Gasteiger partial charge is 0.278 e. The summed E-state index contributed by atoms with van der Waals surface area (Å²) in [7, 11) is 1.59. The summed E-state index contributed by atoms with van der Waals surface area (Å²) in [6, 6.07) is 3.70. The molecule has 0 saturated carbocycles. The molecule has 0 aromatic heterocycles. The van der Waals surface area contributed by atoms with E-state index in [1.165, 1.54) is 11.0 Å². The summed E-state index contributed by atoms with van der Waals surface area (Å²) in [4.78, 5) is 12.1. The molecule has 15 heavy (non-hydrogen) atoms. The van der Waals surface area contributed by atoms with Crippen molar-refractivity contribution in [1.29, 1.82) is 0 Å². The van der Waals surface area contributed by atoms with Crippen LogP contribution in [0.5, 0.6) is 0 Å². The van der Waals surface area contributed by atoms with Gasteiger partial charge in [-0.15, -0.1) is 0 Å². The molecule has 0 atom stereocenters. The molecule has 0 unspecified atom stereocenters. The predicted octanol–water partition coefficient (Wildman–Crippen LogP) is 2.49. The van der Waals surface area contributed by atoms with Crippen LogP contribution in [0, 0.1) is 11.6 Å². The summed E-state index contributed by atoms with van der Waals surface area (Å²) in [5, 5.41) is -0.349. The molecule has 0 spiro atoms. The molecule has 1 amide bonds. The van der Waals surface area contributed by atoms with E-state index >= 15 is 0 Å². The van der Waals surface area contributed by atoms with Gasteiger partial charge in [0.05, 0.1) is 0 Å². The third-order valence-electron chi connectivity index (χ3n) is 2.05. The van der Waals surface area contributed by atoms with Crippen molar-refractivity contribution in [1.82, 2.24) is 4.90 Å². The summed E-state index contributed by atoms with van der Waals surface area (Å²) >= 11 is 3.63. The Kier molecular flexibility index (Phi) is 4.08. The van der Waals surface area contributed by atoms with Crippen LogP contribution >= 0.6 is 12.6 Å². The maximum absolute atomic E-state index is 12.8.